The summed E-state index contributed by atoms with van der Waals surface area (Å²) in [6, 6.07) is 18.3. The van der Waals surface area contributed by atoms with Gasteiger partial charge in [0, 0.05) is 29.7 Å². The van der Waals surface area contributed by atoms with Crippen LogP contribution in [0.4, 0.5) is 0 Å². The average molecular weight is 290 g/mol. The maximum absolute atomic E-state index is 11.8. The van der Waals surface area contributed by atoms with Crippen LogP contribution in [0.1, 0.15) is 16.8 Å². The predicted molar refractivity (Wildman–Crippen MR) is 90.6 cm³/mol. The lowest BCUT2D eigenvalue weighted by Gasteiger charge is -2.09. The van der Waals surface area contributed by atoms with Crippen LogP contribution in [0.5, 0.6) is 0 Å². The van der Waals surface area contributed by atoms with Crippen molar-refractivity contribution >= 4 is 22.4 Å². The first kappa shape index (κ1) is 14.1. The second-order valence-corrected chi connectivity index (χ2v) is 5.29. The van der Waals surface area contributed by atoms with E-state index in [1.807, 2.05) is 43.3 Å². The molecular weight excluding hydrogens is 272 g/mol. The zero-order chi connectivity index (χ0) is 15.5. The third-order valence-corrected chi connectivity index (χ3v) is 3.67. The molecule has 3 nitrogen and oxygen atoms in total. The van der Waals surface area contributed by atoms with Gasteiger partial charge in [0.1, 0.15) is 0 Å². The predicted octanol–water partition coefficient (Wildman–Crippen LogP) is 3.65. The van der Waals surface area contributed by atoms with Crippen molar-refractivity contribution in [3.63, 3.8) is 0 Å². The number of carbonyl (C=O) groups excluding carboxylic acids is 1. The van der Waals surface area contributed by atoms with Crippen LogP contribution in [0, 0.1) is 6.92 Å². The third kappa shape index (κ3) is 2.79. The van der Waals surface area contributed by atoms with Crippen LogP contribution in [0.3, 0.4) is 0 Å². The number of benzene rings is 2. The third-order valence-electron chi connectivity index (χ3n) is 3.67. The number of carbonyl (C=O) groups is 1. The van der Waals surface area contributed by atoms with Crippen LogP contribution in [0.25, 0.3) is 16.5 Å². The van der Waals surface area contributed by atoms with Gasteiger partial charge in [0.2, 0.25) is 5.91 Å². The molecule has 1 amide bonds. The Hall–Kier alpha value is -2.81. The Balaban J connectivity index is 2.15. The molecule has 0 saturated heterocycles. The molecule has 0 aliphatic carbocycles. The van der Waals surface area contributed by atoms with Gasteiger partial charge in [0.25, 0.3) is 0 Å². The zero-order valence-corrected chi connectivity index (χ0v) is 12.7. The average Bonchev–Trinajstić information content (AvgIpc) is 2.92. The number of likely N-dealkylation sites (N-methyl/N-ethyl adjacent to an activating group) is 1. The van der Waals surface area contributed by atoms with Gasteiger partial charge in [0.15, 0.2) is 0 Å². The molecule has 110 valence electrons. The summed E-state index contributed by atoms with van der Waals surface area (Å²) in [6.45, 7) is 2.04. The first-order valence-corrected chi connectivity index (χ1v) is 7.26. The van der Waals surface area contributed by atoms with Gasteiger partial charge < -0.3 is 10.3 Å². The van der Waals surface area contributed by atoms with Crippen molar-refractivity contribution < 1.29 is 4.79 Å². The van der Waals surface area contributed by atoms with E-state index in [2.05, 4.69) is 28.5 Å². The maximum Gasteiger partial charge on any atom is 0.244 e. The van der Waals surface area contributed by atoms with E-state index >= 15 is 0 Å². The second-order valence-electron chi connectivity index (χ2n) is 5.29. The minimum Gasteiger partial charge on any atom is -0.359 e. The smallest absolute Gasteiger partial charge is 0.244 e. The Morgan fingerprint density at radius 2 is 1.82 bits per heavy atom. The maximum atomic E-state index is 11.8. The molecule has 0 unspecified atom stereocenters. The molecule has 0 saturated carbocycles. The van der Waals surface area contributed by atoms with Gasteiger partial charge in [-0.3, -0.25) is 4.79 Å². The number of nitrogens with one attached hydrogen (secondary N) is 2. The highest BCUT2D eigenvalue weighted by Crippen LogP contribution is 2.26. The van der Waals surface area contributed by atoms with Crippen molar-refractivity contribution in [3.05, 3.63) is 77.5 Å². The summed E-state index contributed by atoms with van der Waals surface area (Å²) in [5, 5.41) is 3.80. The standard InChI is InChI=1S/C19H18N2O/c1-13-10-16-11-15(8-9-18(16)21-13)17(12-19(22)20-2)14-6-4-3-5-7-14/h3-12,21H,1-2H3,(H,20,22)/b17-12-. The summed E-state index contributed by atoms with van der Waals surface area (Å²) in [4.78, 5) is 15.2. The first-order chi connectivity index (χ1) is 10.7. The van der Waals surface area contributed by atoms with E-state index in [1.165, 1.54) is 0 Å². The monoisotopic (exact) mass is 290 g/mol. The molecule has 0 bridgehead atoms. The molecule has 0 atom stereocenters. The van der Waals surface area contributed by atoms with Crippen LogP contribution in [-0.2, 0) is 4.79 Å². The van der Waals surface area contributed by atoms with E-state index in [4.69, 9.17) is 0 Å². The van der Waals surface area contributed by atoms with Crippen molar-refractivity contribution in [1.29, 1.82) is 0 Å². The summed E-state index contributed by atoms with van der Waals surface area (Å²) >= 11 is 0. The zero-order valence-electron chi connectivity index (χ0n) is 12.7. The molecule has 22 heavy (non-hydrogen) atoms. The number of aromatic nitrogens is 1. The number of aromatic amines is 1. The van der Waals surface area contributed by atoms with E-state index in [1.54, 1.807) is 13.1 Å². The lowest BCUT2D eigenvalue weighted by atomic mass is 9.96. The normalized spacial score (nSPS) is 11.6. The molecule has 2 N–H and O–H groups in total. The fourth-order valence-electron chi connectivity index (χ4n) is 2.60. The quantitative estimate of drug-likeness (QED) is 0.710. The van der Waals surface area contributed by atoms with Gasteiger partial charge in [0.05, 0.1) is 0 Å². The molecule has 0 aliphatic rings. The SMILES string of the molecule is CNC(=O)/C=C(/c1ccccc1)c1ccc2[nH]c(C)cc2c1. The Morgan fingerprint density at radius 1 is 1.05 bits per heavy atom. The largest absolute Gasteiger partial charge is 0.359 e. The highest BCUT2D eigenvalue weighted by Gasteiger charge is 2.08. The Labute approximate surface area is 129 Å². The minimum absolute atomic E-state index is 0.107. The Kier molecular flexibility index (Phi) is 3.79. The van der Waals surface area contributed by atoms with Gasteiger partial charge in [-0.2, -0.15) is 0 Å². The molecule has 3 heteroatoms. The lowest BCUT2D eigenvalue weighted by Crippen LogP contribution is -2.15. The molecule has 1 aromatic heterocycles. The van der Waals surface area contributed by atoms with Crippen LogP contribution in [-0.4, -0.2) is 17.9 Å². The number of hydrogen-bond acceptors (Lipinski definition) is 1. The van der Waals surface area contributed by atoms with Crippen LogP contribution >= 0.6 is 0 Å². The van der Waals surface area contributed by atoms with Crippen molar-refractivity contribution in [1.82, 2.24) is 10.3 Å². The lowest BCUT2D eigenvalue weighted by molar-refractivity contribution is -0.116. The van der Waals surface area contributed by atoms with E-state index < -0.39 is 0 Å². The number of hydrogen-bond donors (Lipinski definition) is 2. The van der Waals surface area contributed by atoms with Gasteiger partial charge in [-0.1, -0.05) is 36.4 Å². The second kappa shape index (κ2) is 5.90. The summed E-state index contributed by atoms with van der Waals surface area (Å²) in [5.41, 5.74) is 5.21. The van der Waals surface area contributed by atoms with Crippen LogP contribution in [0.15, 0.2) is 60.7 Å². The molecule has 2 aromatic carbocycles. The minimum atomic E-state index is -0.107. The number of amides is 1. The molecule has 0 radical (unpaired) electrons. The molecular formula is C19H18N2O. The molecule has 3 aromatic rings. The molecule has 3 rings (SSSR count). The topological polar surface area (TPSA) is 44.9 Å². The summed E-state index contributed by atoms with van der Waals surface area (Å²) < 4.78 is 0. The van der Waals surface area contributed by atoms with Crippen LogP contribution in [0.2, 0.25) is 0 Å². The van der Waals surface area contributed by atoms with E-state index in [9.17, 15) is 4.79 Å². The number of aryl methyl sites for hydroxylation is 1. The Morgan fingerprint density at radius 3 is 2.55 bits per heavy atom. The fraction of sp³-hybridized carbons (Fsp3) is 0.105. The number of fused-ring (bicyclic) bond motifs is 1. The summed E-state index contributed by atoms with van der Waals surface area (Å²) in [7, 11) is 1.64. The molecule has 1 heterocycles. The molecule has 0 fully saturated rings. The summed E-state index contributed by atoms with van der Waals surface area (Å²) in [5.74, 6) is -0.107. The van der Waals surface area contributed by atoms with Gasteiger partial charge in [-0.25, -0.2) is 0 Å². The van der Waals surface area contributed by atoms with Crippen molar-refractivity contribution in [2.45, 2.75) is 6.92 Å². The van der Waals surface area contributed by atoms with Gasteiger partial charge in [-0.05, 0) is 41.8 Å². The van der Waals surface area contributed by atoms with Crippen molar-refractivity contribution in [3.8, 4) is 0 Å². The Bertz CT molecular complexity index is 844. The highest BCUT2D eigenvalue weighted by molar-refractivity contribution is 6.00. The summed E-state index contributed by atoms with van der Waals surface area (Å²) in [6.07, 6.45) is 1.65. The van der Waals surface area contributed by atoms with Crippen molar-refractivity contribution in [2.75, 3.05) is 7.05 Å². The van der Waals surface area contributed by atoms with E-state index in [0.717, 1.165) is 33.3 Å². The first-order valence-electron chi connectivity index (χ1n) is 7.26. The van der Waals surface area contributed by atoms with E-state index in [0.29, 0.717) is 0 Å². The fourth-order valence-corrected chi connectivity index (χ4v) is 2.60. The molecule has 0 spiro atoms. The highest BCUT2D eigenvalue weighted by atomic mass is 16.1. The van der Waals surface area contributed by atoms with Gasteiger partial charge in [-0.15, -0.1) is 0 Å². The van der Waals surface area contributed by atoms with Crippen LogP contribution < -0.4 is 5.32 Å². The van der Waals surface area contributed by atoms with Crippen molar-refractivity contribution in [2.24, 2.45) is 0 Å². The van der Waals surface area contributed by atoms with E-state index in [-0.39, 0.29) is 5.91 Å². The van der Waals surface area contributed by atoms with Gasteiger partial charge >= 0.3 is 0 Å². The molecule has 0 aliphatic heterocycles. The number of rotatable bonds is 3. The number of H-pyrrole nitrogens is 1.